The highest BCUT2D eigenvalue weighted by Gasteiger charge is 2.22. The lowest BCUT2D eigenvalue weighted by Gasteiger charge is -2.31. The molecule has 0 bridgehead atoms. The van der Waals surface area contributed by atoms with Crippen LogP contribution < -0.4 is 14.8 Å². The molecule has 0 unspecified atom stereocenters. The maximum Gasteiger partial charge on any atom is 0.298 e. The second-order valence-corrected chi connectivity index (χ2v) is 8.46. The van der Waals surface area contributed by atoms with Gasteiger partial charge in [0.25, 0.3) is 5.91 Å². The first-order valence-electron chi connectivity index (χ1n) is 11.4. The summed E-state index contributed by atoms with van der Waals surface area (Å²) in [4.78, 5) is 23.0. The molecule has 2 heterocycles. The number of piperidine rings is 1. The minimum Gasteiger partial charge on any atom is -0.496 e. The number of rotatable bonds is 5. The van der Waals surface area contributed by atoms with Crippen molar-refractivity contribution in [3.8, 4) is 34.5 Å². The van der Waals surface area contributed by atoms with Gasteiger partial charge in [-0.05, 0) is 73.9 Å². The number of nitrogens with one attached hydrogen (secondary N) is 1. The second-order valence-electron chi connectivity index (χ2n) is 8.46. The SMILES string of the molecule is CC#CC(=O)N1CCC(Nc2ncc3cc(-c4c(C)c(OC)cc(OC)c4C)ccc3n2)CC1. The lowest BCUT2D eigenvalue weighted by atomic mass is 9.93. The molecule has 2 aromatic carbocycles. The van der Waals surface area contributed by atoms with E-state index in [4.69, 9.17) is 14.5 Å². The van der Waals surface area contributed by atoms with Crippen molar-refractivity contribution in [2.75, 3.05) is 32.6 Å². The largest absolute Gasteiger partial charge is 0.496 e. The van der Waals surface area contributed by atoms with Crippen LogP contribution in [-0.4, -0.2) is 54.1 Å². The van der Waals surface area contributed by atoms with Crippen molar-refractivity contribution in [3.05, 3.63) is 41.6 Å². The molecule has 34 heavy (non-hydrogen) atoms. The number of hydrogen-bond acceptors (Lipinski definition) is 6. The summed E-state index contributed by atoms with van der Waals surface area (Å²) >= 11 is 0. The summed E-state index contributed by atoms with van der Waals surface area (Å²) in [5.74, 6) is 7.38. The van der Waals surface area contributed by atoms with E-state index in [9.17, 15) is 4.79 Å². The van der Waals surface area contributed by atoms with Crippen LogP contribution in [0.4, 0.5) is 5.95 Å². The molecule has 1 amide bonds. The number of aromatic nitrogens is 2. The van der Waals surface area contributed by atoms with Gasteiger partial charge in [0.05, 0.1) is 19.7 Å². The molecule has 1 N–H and O–H groups in total. The number of likely N-dealkylation sites (tertiary alicyclic amines) is 1. The van der Waals surface area contributed by atoms with Crippen molar-refractivity contribution in [3.63, 3.8) is 0 Å². The van der Waals surface area contributed by atoms with E-state index >= 15 is 0 Å². The zero-order valence-electron chi connectivity index (χ0n) is 20.4. The third kappa shape index (κ3) is 4.62. The van der Waals surface area contributed by atoms with Gasteiger partial charge in [0, 0.05) is 36.8 Å². The van der Waals surface area contributed by atoms with Gasteiger partial charge in [0.1, 0.15) is 11.5 Å². The Morgan fingerprint density at radius 1 is 1.09 bits per heavy atom. The van der Waals surface area contributed by atoms with Gasteiger partial charge in [0.2, 0.25) is 5.95 Å². The standard InChI is InChI=1S/C27H30N4O3/c1-6-7-25(32)31-12-10-21(11-13-31)29-27-28-16-20-14-19(8-9-22(20)30-27)26-17(2)23(33-4)15-24(34-5)18(26)3/h8-9,14-16,21H,10-13H2,1-5H3,(H,28,29,30). The minimum absolute atomic E-state index is 0.0992. The Hall–Kier alpha value is -3.79. The predicted octanol–water partition coefficient (Wildman–Crippen LogP) is 4.36. The van der Waals surface area contributed by atoms with Gasteiger partial charge in [-0.25, -0.2) is 9.97 Å². The number of hydrogen-bond donors (Lipinski definition) is 1. The first kappa shape index (κ1) is 23.4. The van der Waals surface area contributed by atoms with Crippen molar-refractivity contribution in [2.45, 2.75) is 39.7 Å². The van der Waals surface area contributed by atoms with Gasteiger partial charge in [-0.1, -0.05) is 12.0 Å². The van der Waals surface area contributed by atoms with Crippen LogP contribution in [-0.2, 0) is 4.79 Å². The summed E-state index contributed by atoms with van der Waals surface area (Å²) in [7, 11) is 3.34. The molecule has 7 heteroatoms. The van der Waals surface area contributed by atoms with Crippen LogP contribution in [0.15, 0.2) is 30.5 Å². The molecule has 0 saturated carbocycles. The van der Waals surface area contributed by atoms with Gasteiger partial charge in [-0.15, -0.1) is 0 Å². The van der Waals surface area contributed by atoms with E-state index in [0.29, 0.717) is 19.0 Å². The molecular formula is C27H30N4O3. The molecule has 1 aromatic heterocycles. The minimum atomic E-state index is -0.0992. The monoisotopic (exact) mass is 458 g/mol. The Morgan fingerprint density at radius 2 is 1.76 bits per heavy atom. The van der Waals surface area contributed by atoms with Crippen LogP contribution in [0.3, 0.4) is 0 Å². The van der Waals surface area contributed by atoms with E-state index in [1.165, 1.54) is 0 Å². The van der Waals surface area contributed by atoms with Crippen LogP contribution in [0.1, 0.15) is 30.9 Å². The highest BCUT2D eigenvalue weighted by molar-refractivity contribution is 5.93. The predicted molar refractivity (Wildman–Crippen MR) is 134 cm³/mol. The summed E-state index contributed by atoms with van der Waals surface area (Å²) in [6, 6.07) is 8.35. The lowest BCUT2D eigenvalue weighted by molar-refractivity contribution is -0.126. The maximum atomic E-state index is 11.9. The van der Waals surface area contributed by atoms with Crippen molar-refractivity contribution in [2.24, 2.45) is 0 Å². The number of fused-ring (bicyclic) bond motifs is 1. The zero-order valence-corrected chi connectivity index (χ0v) is 20.4. The number of carbonyl (C=O) groups is 1. The van der Waals surface area contributed by atoms with Gasteiger partial charge < -0.3 is 19.7 Å². The van der Waals surface area contributed by atoms with Crippen LogP contribution in [0.5, 0.6) is 11.5 Å². The molecule has 1 aliphatic rings. The Kier molecular flexibility index (Phi) is 6.87. The van der Waals surface area contributed by atoms with E-state index in [1.807, 2.05) is 18.3 Å². The van der Waals surface area contributed by atoms with Crippen LogP contribution in [0.25, 0.3) is 22.0 Å². The number of anilines is 1. The smallest absolute Gasteiger partial charge is 0.298 e. The average molecular weight is 459 g/mol. The molecule has 176 valence electrons. The number of amides is 1. The number of ether oxygens (including phenoxy) is 2. The van der Waals surface area contributed by atoms with Gasteiger partial charge in [-0.3, -0.25) is 4.79 Å². The summed E-state index contributed by atoms with van der Waals surface area (Å²) in [6.45, 7) is 7.17. The van der Waals surface area contributed by atoms with Gasteiger partial charge in [-0.2, -0.15) is 0 Å². The van der Waals surface area contributed by atoms with E-state index in [1.54, 1.807) is 26.0 Å². The summed E-state index contributed by atoms with van der Waals surface area (Å²) in [6.07, 6.45) is 3.53. The van der Waals surface area contributed by atoms with Crippen molar-refractivity contribution < 1.29 is 14.3 Å². The summed E-state index contributed by atoms with van der Waals surface area (Å²) in [5, 5.41) is 4.39. The molecule has 0 aliphatic carbocycles. The highest BCUT2D eigenvalue weighted by Crippen LogP contribution is 2.39. The van der Waals surface area contributed by atoms with E-state index in [0.717, 1.165) is 57.5 Å². The third-order valence-corrected chi connectivity index (χ3v) is 6.41. The first-order valence-corrected chi connectivity index (χ1v) is 11.4. The third-order valence-electron chi connectivity index (χ3n) is 6.41. The molecule has 7 nitrogen and oxygen atoms in total. The number of carbonyl (C=O) groups excluding carboxylic acids is 1. The quantitative estimate of drug-likeness (QED) is 0.573. The maximum absolute atomic E-state index is 11.9. The Labute approximate surface area is 200 Å². The Balaban J connectivity index is 1.55. The fourth-order valence-electron chi connectivity index (χ4n) is 4.57. The molecule has 1 fully saturated rings. The fraction of sp³-hybridized carbons (Fsp3) is 0.370. The number of nitrogens with zero attached hydrogens (tertiary/aromatic N) is 3. The molecule has 4 rings (SSSR count). The summed E-state index contributed by atoms with van der Waals surface area (Å²) in [5.41, 5.74) is 5.16. The molecular weight excluding hydrogens is 428 g/mol. The van der Waals surface area contributed by atoms with Crippen LogP contribution in [0, 0.1) is 25.7 Å². The summed E-state index contributed by atoms with van der Waals surface area (Å²) < 4.78 is 11.1. The zero-order chi connectivity index (χ0) is 24.2. The van der Waals surface area contributed by atoms with Gasteiger partial charge >= 0.3 is 0 Å². The number of methoxy groups -OCH3 is 2. The average Bonchev–Trinajstić information content (AvgIpc) is 2.85. The fourth-order valence-corrected chi connectivity index (χ4v) is 4.57. The lowest BCUT2D eigenvalue weighted by Crippen LogP contribution is -2.42. The topological polar surface area (TPSA) is 76.6 Å². The molecule has 1 aliphatic heterocycles. The highest BCUT2D eigenvalue weighted by atomic mass is 16.5. The molecule has 0 radical (unpaired) electrons. The van der Waals surface area contributed by atoms with Crippen molar-refractivity contribution in [1.29, 1.82) is 0 Å². The van der Waals surface area contributed by atoms with Crippen molar-refractivity contribution in [1.82, 2.24) is 14.9 Å². The van der Waals surface area contributed by atoms with Crippen LogP contribution in [0.2, 0.25) is 0 Å². The molecule has 3 aromatic rings. The Bertz CT molecular complexity index is 1260. The van der Waals surface area contributed by atoms with Crippen LogP contribution >= 0.6 is 0 Å². The van der Waals surface area contributed by atoms with E-state index < -0.39 is 0 Å². The first-order chi connectivity index (χ1) is 16.4. The van der Waals surface area contributed by atoms with E-state index in [2.05, 4.69) is 48.1 Å². The normalized spacial score (nSPS) is 13.9. The number of benzene rings is 2. The van der Waals surface area contributed by atoms with E-state index in [-0.39, 0.29) is 11.9 Å². The molecule has 0 spiro atoms. The Morgan fingerprint density at radius 3 is 2.38 bits per heavy atom. The molecule has 1 saturated heterocycles. The van der Waals surface area contributed by atoms with Gasteiger partial charge in [0.15, 0.2) is 0 Å². The molecule has 0 atom stereocenters. The van der Waals surface area contributed by atoms with Crippen molar-refractivity contribution >= 4 is 22.8 Å². The second kappa shape index (κ2) is 10.0.